The SMILES string of the molecule is O=C(NC1CCCCC1)[C@@H](Cc1ccccc1)N(Cc1cccc(Cl)c1)C(=O)Cc1ccccc1[N+](=O)[O-]. The number of para-hydroxylation sites is 1. The molecule has 1 saturated carbocycles. The van der Waals surface area contributed by atoms with Crippen molar-refractivity contribution < 1.29 is 14.5 Å². The smallest absolute Gasteiger partial charge is 0.273 e. The van der Waals surface area contributed by atoms with Crippen LogP contribution in [-0.4, -0.2) is 33.7 Å². The highest BCUT2D eigenvalue weighted by atomic mass is 35.5. The monoisotopic (exact) mass is 533 g/mol. The molecule has 3 aromatic rings. The van der Waals surface area contributed by atoms with Crippen molar-refractivity contribution >= 4 is 29.1 Å². The van der Waals surface area contributed by atoms with Crippen molar-refractivity contribution in [1.82, 2.24) is 10.2 Å². The van der Waals surface area contributed by atoms with E-state index >= 15 is 0 Å². The molecule has 0 unspecified atom stereocenters. The van der Waals surface area contributed by atoms with Gasteiger partial charge in [-0.3, -0.25) is 19.7 Å². The summed E-state index contributed by atoms with van der Waals surface area (Å²) < 4.78 is 0. The maximum Gasteiger partial charge on any atom is 0.273 e. The second-order valence-corrected chi connectivity index (χ2v) is 10.2. The number of halogens is 1. The normalized spacial score (nSPS) is 14.4. The third kappa shape index (κ3) is 7.42. The molecule has 3 aromatic carbocycles. The van der Waals surface area contributed by atoms with Gasteiger partial charge in [-0.1, -0.05) is 91.5 Å². The highest BCUT2D eigenvalue weighted by molar-refractivity contribution is 6.30. The fourth-order valence-electron chi connectivity index (χ4n) is 5.03. The molecule has 0 saturated heterocycles. The van der Waals surface area contributed by atoms with Gasteiger partial charge in [-0.2, -0.15) is 0 Å². The van der Waals surface area contributed by atoms with Gasteiger partial charge in [-0.15, -0.1) is 0 Å². The number of benzene rings is 3. The first-order chi connectivity index (χ1) is 18.4. The van der Waals surface area contributed by atoms with Crippen molar-refractivity contribution in [2.75, 3.05) is 0 Å². The molecule has 198 valence electrons. The number of rotatable bonds is 10. The Bertz CT molecular complexity index is 1260. The van der Waals surface area contributed by atoms with Crippen LogP contribution in [-0.2, 0) is 29.0 Å². The van der Waals surface area contributed by atoms with E-state index in [0.29, 0.717) is 17.0 Å². The average molecular weight is 534 g/mol. The fourth-order valence-corrected chi connectivity index (χ4v) is 5.25. The summed E-state index contributed by atoms with van der Waals surface area (Å²) in [7, 11) is 0. The van der Waals surface area contributed by atoms with Crippen LogP contribution in [0.15, 0.2) is 78.9 Å². The van der Waals surface area contributed by atoms with Crippen molar-refractivity contribution in [3.63, 3.8) is 0 Å². The second kappa shape index (κ2) is 13.2. The van der Waals surface area contributed by atoms with Gasteiger partial charge in [0.2, 0.25) is 11.8 Å². The lowest BCUT2D eigenvalue weighted by Gasteiger charge is -2.33. The number of nitrogens with zero attached hydrogens (tertiary/aromatic N) is 2. The molecular weight excluding hydrogens is 502 g/mol. The van der Waals surface area contributed by atoms with Crippen molar-refractivity contribution in [2.24, 2.45) is 0 Å². The van der Waals surface area contributed by atoms with Crippen molar-refractivity contribution in [2.45, 2.75) is 63.6 Å². The first kappa shape index (κ1) is 27.3. The summed E-state index contributed by atoms with van der Waals surface area (Å²) in [6.45, 7) is 0.148. The minimum atomic E-state index is -0.798. The zero-order valence-electron chi connectivity index (χ0n) is 21.2. The molecule has 0 aliphatic heterocycles. The molecule has 1 atom stereocenters. The highest BCUT2D eigenvalue weighted by Crippen LogP contribution is 2.23. The van der Waals surface area contributed by atoms with E-state index in [0.717, 1.165) is 43.2 Å². The Balaban J connectivity index is 1.69. The summed E-state index contributed by atoms with van der Waals surface area (Å²) in [6, 6.07) is 22.3. The molecular formula is C30H32ClN3O4. The third-order valence-electron chi connectivity index (χ3n) is 6.99. The van der Waals surface area contributed by atoms with E-state index in [-0.39, 0.29) is 36.5 Å². The molecule has 0 heterocycles. The molecule has 0 spiro atoms. The van der Waals surface area contributed by atoms with Gasteiger partial charge in [0.05, 0.1) is 11.3 Å². The molecule has 1 aliphatic rings. The summed E-state index contributed by atoms with van der Waals surface area (Å²) in [4.78, 5) is 40.4. The number of nitrogens with one attached hydrogen (secondary N) is 1. The molecule has 1 fully saturated rings. The van der Waals surface area contributed by atoms with E-state index in [1.165, 1.54) is 6.07 Å². The van der Waals surface area contributed by atoms with Crippen LogP contribution in [0.3, 0.4) is 0 Å². The predicted molar refractivity (Wildman–Crippen MR) is 148 cm³/mol. The van der Waals surface area contributed by atoms with E-state index in [2.05, 4.69) is 5.32 Å². The van der Waals surface area contributed by atoms with Crippen molar-refractivity contribution in [3.05, 3.63) is 111 Å². The van der Waals surface area contributed by atoms with Crippen LogP contribution in [0.5, 0.6) is 0 Å². The largest absolute Gasteiger partial charge is 0.352 e. The van der Waals surface area contributed by atoms with E-state index < -0.39 is 11.0 Å². The van der Waals surface area contributed by atoms with Crippen LogP contribution < -0.4 is 5.32 Å². The van der Waals surface area contributed by atoms with Crippen molar-refractivity contribution in [3.8, 4) is 0 Å². The Kier molecular flexibility index (Phi) is 9.49. The first-order valence-corrected chi connectivity index (χ1v) is 13.4. The maximum absolute atomic E-state index is 13.9. The van der Waals surface area contributed by atoms with Gasteiger partial charge in [0.1, 0.15) is 6.04 Å². The Labute approximate surface area is 228 Å². The van der Waals surface area contributed by atoms with Gasteiger partial charge in [-0.05, 0) is 36.1 Å². The van der Waals surface area contributed by atoms with Gasteiger partial charge in [0.15, 0.2) is 0 Å². The van der Waals surface area contributed by atoms with Gasteiger partial charge in [-0.25, -0.2) is 0 Å². The lowest BCUT2D eigenvalue weighted by atomic mass is 9.94. The fraction of sp³-hybridized carbons (Fsp3) is 0.333. The summed E-state index contributed by atoms with van der Waals surface area (Å²) in [5.74, 6) is -0.572. The van der Waals surface area contributed by atoms with E-state index in [4.69, 9.17) is 11.6 Å². The van der Waals surface area contributed by atoms with Crippen LogP contribution >= 0.6 is 11.6 Å². The number of nitro groups is 1. The van der Waals surface area contributed by atoms with Crippen LogP contribution in [0.2, 0.25) is 5.02 Å². The Morgan fingerprint density at radius 2 is 1.63 bits per heavy atom. The van der Waals surface area contributed by atoms with E-state index in [1.807, 2.05) is 36.4 Å². The molecule has 0 bridgehead atoms. The van der Waals surface area contributed by atoms with Gasteiger partial charge in [0.25, 0.3) is 5.69 Å². The molecule has 7 nitrogen and oxygen atoms in total. The molecule has 0 radical (unpaired) electrons. The molecule has 1 N–H and O–H groups in total. The van der Waals surface area contributed by atoms with E-state index in [1.54, 1.807) is 41.3 Å². The van der Waals surface area contributed by atoms with Gasteiger partial charge >= 0.3 is 0 Å². The highest BCUT2D eigenvalue weighted by Gasteiger charge is 2.32. The summed E-state index contributed by atoms with van der Waals surface area (Å²) in [5.41, 5.74) is 1.89. The number of nitro benzene ring substituents is 1. The number of hydrogen-bond donors (Lipinski definition) is 1. The summed E-state index contributed by atoms with van der Waals surface area (Å²) in [5, 5.41) is 15.3. The molecule has 2 amide bonds. The number of carbonyl (C=O) groups is 2. The zero-order chi connectivity index (χ0) is 26.9. The number of amides is 2. The standard InChI is InChI=1S/C30H32ClN3O4/c31-25-14-9-12-23(18-25)21-33(29(35)20-24-13-7-8-17-27(24)34(37)38)28(19-22-10-3-1-4-11-22)30(36)32-26-15-5-2-6-16-26/h1,3-4,7-14,17-18,26,28H,2,5-6,15-16,19-21H2,(H,32,36)/t28-/m1/s1. The number of hydrogen-bond acceptors (Lipinski definition) is 4. The first-order valence-electron chi connectivity index (χ1n) is 13.0. The lowest BCUT2D eigenvalue weighted by molar-refractivity contribution is -0.385. The minimum Gasteiger partial charge on any atom is -0.352 e. The Morgan fingerprint density at radius 3 is 2.34 bits per heavy atom. The number of carbonyl (C=O) groups excluding carboxylic acids is 2. The topological polar surface area (TPSA) is 92.6 Å². The summed E-state index contributed by atoms with van der Waals surface area (Å²) >= 11 is 6.24. The molecule has 38 heavy (non-hydrogen) atoms. The van der Waals surface area contributed by atoms with E-state index in [9.17, 15) is 19.7 Å². The molecule has 4 rings (SSSR count). The quantitative estimate of drug-likeness (QED) is 0.260. The Morgan fingerprint density at radius 1 is 0.947 bits per heavy atom. The van der Waals surface area contributed by atoms with Crippen LogP contribution in [0.4, 0.5) is 5.69 Å². The van der Waals surface area contributed by atoms with Crippen LogP contribution in [0.1, 0.15) is 48.8 Å². The summed E-state index contributed by atoms with van der Waals surface area (Å²) in [6.07, 6.45) is 5.26. The third-order valence-corrected chi connectivity index (χ3v) is 7.23. The zero-order valence-corrected chi connectivity index (χ0v) is 22.0. The van der Waals surface area contributed by atoms with Crippen LogP contribution in [0, 0.1) is 10.1 Å². The van der Waals surface area contributed by atoms with Crippen LogP contribution in [0.25, 0.3) is 0 Å². The molecule has 0 aromatic heterocycles. The minimum absolute atomic E-state index is 0.0767. The predicted octanol–water partition coefficient (Wildman–Crippen LogP) is 5.88. The van der Waals surface area contributed by atoms with Crippen molar-refractivity contribution in [1.29, 1.82) is 0 Å². The Hall–Kier alpha value is -3.71. The second-order valence-electron chi connectivity index (χ2n) is 9.76. The molecule has 8 heteroatoms. The van der Waals surface area contributed by atoms with Gasteiger partial charge in [0, 0.05) is 35.7 Å². The van der Waals surface area contributed by atoms with Gasteiger partial charge < -0.3 is 10.2 Å². The average Bonchev–Trinajstić information content (AvgIpc) is 2.92. The molecule has 1 aliphatic carbocycles. The lowest BCUT2D eigenvalue weighted by Crippen LogP contribution is -2.53. The maximum atomic E-state index is 13.9.